The van der Waals surface area contributed by atoms with Crippen LogP contribution in [0.25, 0.3) is 0 Å². The molecule has 17 heavy (non-hydrogen) atoms. The number of esters is 1. The number of carbonyl (C=O) groups excluding carboxylic acids is 1. The lowest BCUT2D eigenvalue weighted by atomic mass is 9.78. The van der Waals surface area contributed by atoms with Crippen molar-refractivity contribution in [3.8, 4) is 0 Å². The van der Waals surface area contributed by atoms with Crippen molar-refractivity contribution in [2.45, 2.75) is 70.1 Å². The van der Waals surface area contributed by atoms with Crippen LogP contribution in [0.4, 0.5) is 0 Å². The number of fused-ring (bicyclic) bond motifs is 1. The Morgan fingerprint density at radius 3 is 3.00 bits per heavy atom. The van der Waals surface area contributed by atoms with E-state index in [0.29, 0.717) is 6.42 Å². The molecule has 0 saturated heterocycles. The smallest absolute Gasteiger partial charge is 0.310 e. The van der Waals surface area contributed by atoms with Crippen molar-refractivity contribution in [1.29, 1.82) is 0 Å². The average Bonchev–Trinajstić information content (AvgIpc) is 2.57. The zero-order valence-electron chi connectivity index (χ0n) is 10.9. The van der Waals surface area contributed by atoms with Crippen molar-refractivity contribution in [2.24, 2.45) is 4.99 Å². The van der Waals surface area contributed by atoms with Crippen LogP contribution in [-0.4, -0.2) is 29.6 Å². The number of nitrogens with zero attached hydrogens (tertiary/aromatic N) is 1. The highest BCUT2D eigenvalue weighted by molar-refractivity contribution is 5.72. The predicted octanol–water partition coefficient (Wildman–Crippen LogP) is 2.46. The maximum Gasteiger partial charge on any atom is 0.310 e. The second kappa shape index (κ2) is 4.31. The van der Waals surface area contributed by atoms with Crippen molar-refractivity contribution in [3.05, 3.63) is 0 Å². The Kier molecular flexibility index (Phi) is 3.15. The van der Waals surface area contributed by atoms with Crippen LogP contribution in [0.15, 0.2) is 4.99 Å². The van der Waals surface area contributed by atoms with E-state index in [-0.39, 0.29) is 12.0 Å². The standard InChI is InChI=1S/C13H21NO3/c1-12(2,3)17-11(15)8-13-7-5-4-6-10(13)14-9-16-13/h9-10H,4-8H2,1-3H3/t10-,13-/m1/s1. The van der Waals surface area contributed by atoms with Crippen LogP contribution in [0.3, 0.4) is 0 Å². The van der Waals surface area contributed by atoms with Crippen LogP contribution in [-0.2, 0) is 14.3 Å². The highest BCUT2D eigenvalue weighted by Crippen LogP contribution is 2.39. The molecule has 0 amide bonds. The molecular weight excluding hydrogens is 218 g/mol. The van der Waals surface area contributed by atoms with Crippen molar-refractivity contribution >= 4 is 12.4 Å². The lowest BCUT2D eigenvalue weighted by Gasteiger charge is -2.36. The van der Waals surface area contributed by atoms with E-state index in [0.717, 1.165) is 19.3 Å². The molecule has 0 unspecified atom stereocenters. The third-order valence-corrected chi connectivity index (χ3v) is 3.33. The quantitative estimate of drug-likeness (QED) is 0.695. The maximum atomic E-state index is 11.9. The van der Waals surface area contributed by atoms with Crippen LogP contribution in [0.5, 0.6) is 0 Å². The van der Waals surface area contributed by atoms with Gasteiger partial charge in [-0.1, -0.05) is 6.42 Å². The number of ether oxygens (including phenoxy) is 2. The zero-order valence-corrected chi connectivity index (χ0v) is 10.9. The maximum absolute atomic E-state index is 11.9. The predicted molar refractivity (Wildman–Crippen MR) is 65.0 cm³/mol. The van der Waals surface area contributed by atoms with Gasteiger partial charge in [0.05, 0.1) is 12.5 Å². The first-order chi connectivity index (χ1) is 7.91. The van der Waals surface area contributed by atoms with Crippen LogP contribution < -0.4 is 0 Å². The number of aliphatic imine (C=N–C) groups is 1. The summed E-state index contributed by atoms with van der Waals surface area (Å²) in [5.41, 5.74) is -0.849. The molecule has 0 aromatic rings. The zero-order chi connectivity index (χ0) is 12.5. The molecule has 1 aliphatic carbocycles. The molecule has 2 aliphatic rings. The molecule has 1 saturated carbocycles. The van der Waals surface area contributed by atoms with E-state index in [1.165, 1.54) is 12.8 Å². The molecule has 1 aliphatic heterocycles. The van der Waals surface area contributed by atoms with Gasteiger partial charge in [-0.2, -0.15) is 0 Å². The SMILES string of the molecule is CC(C)(C)OC(=O)C[C@]12CCCC[C@H]1N=CO2. The largest absolute Gasteiger partial charge is 0.474 e. The first-order valence-electron chi connectivity index (χ1n) is 6.33. The van der Waals surface area contributed by atoms with Gasteiger partial charge in [0, 0.05) is 0 Å². The summed E-state index contributed by atoms with van der Waals surface area (Å²) in [4.78, 5) is 16.2. The Hall–Kier alpha value is -1.06. The van der Waals surface area contributed by atoms with Gasteiger partial charge in [-0.25, -0.2) is 0 Å². The van der Waals surface area contributed by atoms with Gasteiger partial charge in [-0.15, -0.1) is 0 Å². The van der Waals surface area contributed by atoms with Crippen LogP contribution >= 0.6 is 0 Å². The van der Waals surface area contributed by atoms with Crippen LogP contribution in [0, 0.1) is 0 Å². The van der Waals surface area contributed by atoms with Gasteiger partial charge in [0.25, 0.3) is 0 Å². The number of carbonyl (C=O) groups is 1. The van der Waals surface area contributed by atoms with E-state index in [1.54, 1.807) is 0 Å². The minimum Gasteiger partial charge on any atom is -0.474 e. The molecule has 1 fully saturated rings. The molecular formula is C13H21NO3. The molecule has 0 spiro atoms. The monoisotopic (exact) mass is 239 g/mol. The van der Waals surface area contributed by atoms with Crippen molar-refractivity contribution < 1.29 is 14.3 Å². The van der Waals surface area contributed by atoms with E-state index in [1.807, 2.05) is 20.8 Å². The third kappa shape index (κ3) is 2.79. The van der Waals surface area contributed by atoms with E-state index in [9.17, 15) is 4.79 Å². The van der Waals surface area contributed by atoms with Gasteiger partial charge < -0.3 is 9.47 Å². The number of rotatable bonds is 2. The van der Waals surface area contributed by atoms with Gasteiger partial charge in [0.15, 0.2) is 6.40 Å². The van der Waals surface area contributed by atoms with Crippen molar-refractivity contribution in [2.75, 3.05) is 0 Å². The molecule has 0 aromatic heterocycles. The fourth-order valence-electron chi connectivity index (χ4n) is 2.62. The van der Waals surface area contributed by atoms with Crippen LogP contribution in [0.2, 0.25) is 0 Å². The Labute approximate surface area is 102 Å². The van der Waals surface area contributed by atoms with Gasteiger partial charge in [-0.3, -0.25) is 9.79 Å². The van der Waals surface area contributed by atoms with Crippen LogP contribution in [0.1, 0.15) is 52.9 Å². The Morgan fingerprint density at radius 1 is 1.53 bits per heavy atom. The first-order valence-corrected chi connectivity index (χ1v) is 6.33. The summed E-state index contributed by atoms with van der Waals surface area (Å²) in [5.74, 6) is -0.185. The minimum absolute atomic E-state index is 0.142. The Bertz CT molecular complexity index is 332. The lowest BCUT2D eigenvalue weighted by molar-refractivity contribution is -0.160. The lowest BCUT2D eigenvalue weighted by Crippen LogP contribution is -2.45. The minimum atomic E-state index is -0.433. The molecule has 4 nitrogen and oxygen atoms in total. The second-order valence-corrected chi connectivity index (χ2v) is 5.96. The highest BCUT2D eigenvalue weighted by Gasteiger charge is 2.47. The summed E-state index contributed by atoms with van der Waals surface area (Å²) in [7, 11) is 0. The summed E-state index contributed by atoms with van der Waals surface area (Å²) in [6.45, 7) is 5.65. The van der Waals surface area contributed by atoms with E-state index < -0.39 is 11.2 Å². The van der Waals surface area contributed by atoms with Crippen molar-refractivity contribution in [3.63, 3.8) is 0 Å². The van der Waals surface area contributed by atoms with Gasteiger partial charge >= 0.3 is 5.97 Å². The van der Waals surface area contributed by atoms with E-state index in [4.69, 9.17) is 9.47 Å². The third-order valence-electron chi connectivity index (χ3n) is 3.33. The number of hydrogen-bond donors (Lipinski definition) is 0. The summed E-state index contributed by atoms with van der Waals surface area (Å²) >= 11 is 0. The highest BCUT2D eigenvalue weighted by atomic mass is 16.6. The van der Waals surface area contributed by atoms with Gasteiger partial charge in [0.2, 0.25) is 0 Å². The summed E-state index contributed by atoms with van der Waals surface area (Å²) < 4.78 is 11.0. The molecule has 0 N–H and O–H groups in total. The molecule has 1 heterocycles. The fraction of sp³-hybridized carbons (Fsp3) is 0.846. The van der Waals surface area contributed by atoms with E-state index in [2.05, 4.69) is 4.99 Å². The van der Waals surface area contributed by atoms with E-state index >= 15 is 0 Å². The molecule has 0 bridgehead atoms. The molecule has 2 rings (SSSR count). The topological polar surface area (TPSA) is 47.9 Å². The molecule has 0 aromatic carbocycles. The van der Waals surface area contributed by atoms with Gasteiger partial charge in [0.1, 0.15) is 11.2 Å². The normalized spacial score (nSPS) is 31.8. The summed E-state index contributed by atoms with van der Waals surface area (Å²) in [6, 6.07) is 0.142. The summed E-state index contributed by atoms with van der Waals surface area (Å²) in [6.07, 6.45) is 6.01. The first kappa shape index (κ1) is 12.4. The molecule has 0 radical (unpaired) electrons. The number of hydrogen-bond acceptors (Lipinski definition) is 4. The fourth-order valence-corrected chi connectivity index (χ4v) is 2.62. The second-order valence-electron chi connectivity index (χ2n) is 5.96. The van der Waals surface area contributed by atoms with Gasteiger partial charge in [-0.05, 0) is 40.0 Å². The molecule has 96 valence electrons. The Morgan fingerprint density at radius 2 is 2.29 bits per heavy atom. The van der Waals surface area contributed by atoms with Crippen molar-refractivity contribution in [1.82, 2.24) is 0 Å². The molecule has 4 heteroatoms. The average molecular weight is 239 g/mol. The Balaban J connectivity index is 1.99. The molecule has 2 atom stereocenters. The summed E-state index contributed by atoms with van der Waals surface area (Å²) in [5, 5.41) is 0.